The molecule has 1 aromatic heterocycles. The molecule has 3 nitrogen and oxygen atoms in total. The molecule has 0 atom stereocenters. The molecule has 0 saturated heterocycles. The number of anilines is 1. The monoisotopic (exact) mass is 359 g/mol. The maximum atomic E-state index is 4.60. The molecule has 114 valence electrons. The number of hydrogen-bond donors (Lipinski definition) is 1. The Morgan fingerprint density at radius 2 is 1.85 bits per heavy atom. The van der Waals surface area contributed by atoms with E-state index in [0.717, 1.165) is 22.8 Å². The summed E-state index contributed by atoms with van der Waals surface area (Å²) in [7, 11) is 0. The van der Waals surface area contributed by atoms with Gasteiger partial charge in [-0.3, -0.25) is 0 Å². The molecule has 1 N–H and O–H groups in total. The Morgan fingerprint density at radius 1 is 1.15 bits per heavy atom. The number of rotatable bonds is 8. The first-order valence-corrected chi connectivity index (χ1v) is 9.40. The van der Waals surface area contributed by atoms with Crippen molar-refractivity contribution < 1.29 is 0 Å². The normalized spacial score (nSPS) is 11.7. The summed E-state index contributed by atoms with van der Waals surface area (Å²) in [4.78, 5) is 9.04. The first kappa shape index (κ1) is 17.8. The van der Waals surface area contributed by atoms with Crippen LogP contribution in [0.25, 0.3) is 0 Å². The Hall–Kier alpha value is -0.290. The fraction of sp³-hybridized carbons (Fsp3) is 0.733. The van der Waals surface area contributed by atoms with Gasteiger partial charge in [0.1, 0.15) is 16.2 Å². The minimum atomic E-state index is -0.0297. The molecule has 1 rings (SSSR count). The van der Waals surface area contributed by atoms with Crippen LogP contribution in [0.15, 0.2) is 10.7 Å². The largest absolute Gasteiger partial charge is 0.370 e. The van der Waals surface area contributed by atoms with Gasteiger partial charge in [-0.25, -0.2) is 9.97 Å². The van der Waals surface area contributed by atoms with E-state index in [1.54, 1.807) is 0 Å². The first-order chi connectivity index (χ1) is 9.43. The zero-order valence-electron chi connectivity index (χ0n) is 13.0. The quantitative estimate of drug-likeness (QED) is 0.530. The van der Waals surface area contributed by atoms with Crippen LogP contribution in [-0.4, -0.2) is 28.5 Å². The second kappa shape index (κ2) is 8.88. The number of halogens is 1. The summed E-state index contributed by atoms with van der Waals surface area (Å²) in [5.41, 5.74) is -0.0297. The van der Waals surface area contributed by atoms with E-state index in [1.807, 2.05) is 17.8 Å². The molecule has 20 heavy (non-hydrogen) atoms. The highest BCUT2D eigenvalue weighted by Crippen LogP contribution is 2.22. The van der Waals surface area contributed by atoms with E-state index in [1.165, 1.54) is 31.4 Å². The average Bonchev–Trinajstić information content (AvgIpc) is 2.36. The number of nitrogens with one attached hydrogen (secondary N) is 1. The highest BCUT2D eigenvalue weighted by molar-refractivity contribution is 9.10. The Bertz CT molecular complexity index is 405. The van der Waals surface area contributed by atoms with Crippen molar-refractivity contribution in [3.05, 3.63) is 16.5 Å². The predicted molar refractivity (Wildman–Crippen MR) is 93.8 cm³/mol. The molecule has 1 heterocycles. The van der Waals surface area contributed by atoms with Gasteiger partial charge in [0.25, 0.3) is 0 Å². The summed E-state index contributed by atoms with van der Waals surface area (Å²) in [6.07, 6.45) is 7.30. The SMILES string of the molecule is CSCCCCCCNc1cc(Br)nc(C(C)(C)C)n1. The molecule has 0 unspecified atom stereocenters. The lowest BCUT2D eigenvalue weighted by atomic mass is 9.96. The molecule has 0 amide bonds. The maximum absolute atomic E-state index is 4.60. The van der Waals surface area contributed by atoms with Crippen molar-refractivity contribution in [3.63, 3.8) is 0 Å². The highest BCUT2D eigenvalue weighted by atomic mass is 79.9. The van der Waals surface area contributed by atoms with E-state index in [2.05, 4.69) is 58.2 Å². The van der Waals surface area contributed by atoms with Gasteiger partial charge in [-0.05, 0) is 40.8 Å². The molecule has 0 saturated carbocycles. The van der Waals surface area contributed by atoms with E-state index in [0.29, 0.717) is 0 Å². The lowest BCUT2D eigenvalue weighted by Gasteiger charge is -2.18. The first-order valence-electron chi connectivity index (χ1n) is 7.21. The van der Waals surface area contributed by atoms with E-state index >= 15 is 0 Å². The molecule has 0 aliphatic heterocycles. The van der Waals surface area contributed by atoms with E-state index in [-0.39, 0.29) is 5.41 Å². The molecular formula is C15H26BrN3S. The number of aromatic nitrogens is 2. The molecule has 5 heteroatoms. The number of thioether (sulfide) groups is 1. The summed E-state index contributed by atoms with van der Waals surface area (Å²) in [6, 6.07) is 1.95. The Morgan fingerprint density at radius 3 is 2.50 bits per heavy atom. The minimum absolute atomic E-state index is 0.0297. The fourth-order valence-electron chi connectivity index (χ4n) is 1.79. The van der Waals surface area contributed by atoms with Gasteiger partial charge in [0.05, 0.1) is 0 Å². The van der Waals surface area contributed by atoms with Crippen molar-refractivity contribution in [1.29, 1.82) is 0 Å². The van der Waals surface area contributed by atoms with Crippen LogP contribution in [0.2, 0.25) is 0 Å². The molecule has 0 aliphatic carbocycles. The Labute approximate surface area is 135 Å². The topological polar surface area (TPSA) is 37.8 Å². The minimum Gasteiger partial charge on any atom is -0.370 e. The van der Waals surface area contributed by atoms with Gasteiger partial charge in [-0.2, -0.15) is 11.8 Å². The number of nitrogens with zero attached hydrogens (tertiary/aromatic N) is 2. The lowest BCUT2D eigenvalue weighted by Crippen LogP contribution is -2.17. The van der Waals surface area contributed by atoms with Crippen LogP contribution < -0.4 is 5.32 Å². The zero-order chi connectivity index (χ0) is 15.0. The molecular weight excluding hydrogens is 334 g/mol. The number of unbranched alkanes of at least 4 members (excludes halogenated alkanes) is 3. The van der Waals surface area contributed by atoms with Crippen LogP contribution in [-0.2, 0) is 5.41 Å². The summed E-state index contributed by atoms with van der Waals surface area (Å²) in [5.74, 6) is 3.07. The van der Waals surface area contributed by atoms with Crippen LogP contribution in [0.4, 0.5) is 5.82 Å². The zero-order valence-corrected chi connectivity index (χ0v) is 15.4. The Kier molecular flexibility index (Phi) is 7.88. The van der Waals surface area contributed by atoms with Crippen molar-refractivity contribution >= 4 is 33.5 Å². The molecule has 1 aromatic rings. The van der Waals surface area contributed by atoms with Crippen molar-refractivity contribution in [2.45, 2.75) is 51.9 Å². The van der Waals surface area contributed by atoms with Gasteiger partial charge in [-0.1, -0.05) is 33.6 Å². The van der Waals surface area contributed by atoms with Gasteiger partial charge in [0, 0.05) is 18.0 Å². The smallest absolute Gasteiger partial charge is 0.137 e. The van der Waals surface area contributed by atoms with Crippen molar-refractivity contribution in [2.24, 2.45) is 0 Å². The van der Waals surface area contributed by atoms with Gasteiger partial charge in [-0.15, -0.1) is 0 Å². The van der Waals surface area contributed by atoms with Gasteiger partial charge in [0.2, 0.25) is 0 Å². The van der Waals surface area contributed by atoms with Crippen LogP contribution in [0.5, 0.6) is 0 Å². The van der Waals surface area contributed by atoms with Gasteiger partial charge in [0.15, 0.2) is 0 Å². The molecule has 0 aliphatic rings. The fourth-order valence-corrected chi connectivity index (χ4v) is 2.66. The molecule has 0 radical (unpaired) electrons. The maximum Gasteiger partial charge on any atom is 0.137 e. The van der Waals surface area contributed by atoms with E-state index in [9.17, 15) is 0 Å². The highest BCUT2D eigenvalue weighted by Gasteiger charge is 2.18. The third-order valence-electron chi connectivity index (χ3n) is 2.95. The predicted octanol–water partition coefficient (Wildman–Crippen LogP) is 4.87. The van der Waals surface area contributed by atoms with Crippen LogP contribution in [0.1, 0.15) is 52.3 Å². The van der Waals surface area contributed by atoms with E-state index in [4.69, 9.17) is 0 Å². The number of hydrogen-bond acceptors (Lipinski definition) is 4. The van der Waals surface area contributed by atoms with Crippen molar-refractivity contribution in [1.82, 2.24) is 9.97 Å². The summed E-state index contributed by atoms with van der Waals surface area (Å²) in [5, 5.41) is 3.40. The molecule has 0 aromatic carbocycles. The second-order valence-corrected chi connectivity index (χ2v) is 7.78. The lowest BCUT2D eigenvalue weighted by molar-refractivity contribution is 0.544. The van der Waals surface area contributed by atoms with Crippen LogP contribution in [0.3, 0.4) is 0 Å². The summed E-state index contributed by atoms with van der Waals surface area (Å²) < 4.78 is 0.847. The molecule has 0 fully saturated rings. The molecule has 0 spiro atoms. The molecule has 0 bridgehead atoms. The standard InChI is InChI=1S/C15H26BrN3S/c1-15(2,3)14-18-12(16)11-13(19-14)17-9-7-5-6-8-10-20-4/h11H,5-10H2,1-4H3,(H,17,18,19). The van der Waals surface area contributed by atoms with Crippen LogP contribution >= 0.6 is 27.7 Å². The van der Waals surface area contributed by atoms with Crippen molar-refractivity contribution in [3.8, 4) is 0 Å². The average molecular weight is 360 g/mol. The second-order valence-electron chi connectivity index (χ2n) is 5.98. The van der Waals surface area contributed by atoms with E-state index < -0.39 is 0 Å². The Balaban J connectivity index is 2.39. The third kappa shape index (κ3) is 6.93. The third-order valence-corrected chi connectivity index (χ3v) is 4.05. The van der Waals surface area contributed by atoms with Crippen molar-refractivity contribution in [2.75, 3.05) is 23.9 Å². The summed E-state index contributed by atoms with van der Waals surface area (Å²) >= 11 is 5.39. The van der Waals surface area contributed by atoms with Crippen LogP contribution in [0, 0.1) is 0 Å². The van der Waals surface area contributed by atoms with Gasteiger partial charge < -0.3 is 5.32 Å². The van der Waals surface area contributed by atoms with Gasteiger partial charge >= 0.3 is 0 Å². The summed E-state index contributed by atoms with van der Waals surface area (Å²) in [6.45, 7) is 7.37.